The lowest BCUT2D eigenvalue weighted by Crippen LogP contribution is -2.37. The van der Waals surface area contributed by atoms with Crippen molar-refractivity contribution in [1.29, 1.82) is 5.26 Å². The predicted molar refractivity (Wildman–Crippen MR) is 111 cm³/mol. The molecule has 1 unspecified atom stereocenters. The van der Waals surface area contributed by atoms with Gasteiger partial charge in [-0.2, -0.15) is 5.26 Å². The van der Waals surface area contributed by atoms with Gasteiger partial charge in [0.25, 0.3) is 0 Å². The number of carbonyl (C=O) groups is 2. The Morgan fingerprint density at radius 2 is 2.07 bits per heavy atom. The Kier molecular flexibility index (Phi) is 6.27. The maximum atomic E-state index is 13.1. The lowest BCUT2D eigenvalue weighted by molar-refractivity contribution is -0.135. The molecule has 0 N–H and O–H groups in total. The van der Waals surface area contributed by atoms with E-state index in [4.69, 9.17) is 5.26 Å². The van der Waals surface area contributed by atoms with Crippen LogP contribution in [-0.2, 0) is 16.1 Å². The van der Waals surface area contributed by atoms with Crippen molar-refractivity contribution in [1.82, 2.24) is 4.90 Å². The van der Waals surface area contributed by atoms with E-state index >= 15 is 0 Å². The van der Waals surface area contributed by atoms with Crippen LogP contribution in [-0.4, -0.2) is 29.8 Å². The summed E-state index contributed by atoms with van der Waals surface area (Å²) in [6, 6.07) is 16.8. The summed E-state index contributed by atoms with van der Waals surface area (Å²) in [5, 5.41) is 8.92. The van der Waals surface area contributed by atoms with E-state index in [0.29, 0.717) is 25.2 Å². The normalized spacial score (nSPS) is 15.9. The number of nitriles is 1. The van der Waals surface area contributed by atoms with E-state index in [2.05, 4.69) is 28.6 Å². The van der Waals surface area contributed by atoms with E-state index in [1.807, 2.05) is 36.4 Å². The highest BCUT2D eigenvalue weighted by Gasteiger charge is 2.37. The van der Waals surface area contributed by atoms with Crippen molar-refractivity contribution in [3.8, 4) is 6.07 Å². The third kappa shape index (κ3) is 4.49. The molecular weight excluding hydrogens is 418 g/mol. The van der Waals surface area contributed by atoms with Crippen molar-refractivity contribution in [2.24, 2.45) is 5.92 Å². The fraction of sp³-hybridized carbons (Fsp3) is 0.227. The van der Waals surface area contributed by atoms with Gasteiger partial charge in [-0.3, -0.25) is 9.59 Å². The molecule has 28 heavy (non-hydrogen) atoms. The Balaban J connectivity index is 1.73. The maximum Gasteiger partial charge on any atom is 0.228 e. The molecule has 1 fully saturated rings. The van der Waals surface area contributed by atoms with E-state index in [-0.39, 0.29) is 24.2 Å². The second-order valence-corrected chi connectivity index (χ2v) is 7.62. The first kappa shape index (κ1) is 19.8. The van der Waals surface area contributed by atoms with Crippen LogP contribution in [0.4, 0.5) is 5.69 Å². The number of nitrogens with zero attached hydrogens (tertiary/aromatic N) is 3. The van der Waals surface area contributed by atoms with Gasteiger partial charge >= 0.3 is 0 Å². The number of rotatable bonds is 6. The molecule has 3 rings (SSSR count). The molecule has 2 aromatic rings. The summed E-state index contributed by atoms with van der Waals surface area (Å²) in [5.74, 6) is -0.492. The lowest BCUT2D eigenvalue weighted by Gasteiger charge is -2.24. The van der Waals surface area contributed by atoms with Crippen LogP contribution in [0.5, 0.6) is 0 Å². The SMILES string of the molecule is C=CCN(Cc1ccc(C#N)cc1)C(=O)C1CC(=O)N(c2cccc(Br)c2)C1. The average molecular weight is 438 g/mol. The molecule has 0 saturated carbocycles. The monoisotopic (exact) mass is 437 g/mol. The number of halogens is 1. The predicted octanol–water partition coefficient (Wildman–Crippen LogP) is 3.89. The first-order valence-electron chi connectivity index (χ1n) is 8.96. The van der Waals surface area contributed by atoms with Crippen LogP contribution < -0.4 is 4.90 Å². The van der Waals surface area contributed by atoms with Crippen LogP contribution >= 0.6 is 15.9 Å². The van der Waals surface area contributed by atoms with Gasteiger partial charge in [-0.25, -0.2) is 0 Å². The van der Waals surface area contributed by atoms with Crippen LogP contribution in [0.3, 0.4) is 0 Å². The van der Waals surface area contributed by atoms with Gasteiger partial charge < -0.3 is 9.80 Å². The molecule has 6 heteroatoms. The van der Waals surface area contributed by atoms with E-state index in [1.54, 1.807) is 28.0 Å². The van der Waals surface area contributed by atoms with E-state index in [0.717, 1.165) is 15.7 Å². The van der Waals surface area contributed by atoms with Gasteiger partial charge in [0.15, 0.2) is 0 Å². The molecule has 1 aliphatic heterocycles. The zero-order valence-electron chi connectivity index (χ0n) is 15.3. The number of carbonyl (C=O) groups excluding carboxylic acids is 2. The summed E-state index contributed by atoms with van der Waals surface area (Å²) in [6.07, 6.45) is 1.89. The molecule has 1 saturated heterocycles. The van der Waals surface area contributed by atoms with Crippen molar-refractivity contribution in [2.45, 2.75) is 13.0 Å². The molecule has 1 heterocycles. The molecule has 5 nitrogen and oxygen atoms in total. The molecule has 1 aliphatic rings. The quantitative estimate of drug-likeness (QED) is 0.643. The highest BCUT2D eigenvalue weighted by molar-refractivity contribution is 9.10. The number of benzene rings is 2. The minimum absolute atomic E-state index is 0.0478. The highest BCUT2D eigenvalue weighted by atomic mass is 79.9. The van der Waals surface area contributed by atoms with Gasteiger partial charge in [0.05, 0.1) is 17.6 Å². The fourth-order valence-electron chi connectivity index (χ4n) is 3.32. The molecule has 1 atom stereocenters. The summed E-state index contributed by atoms with van der Waals surface area (Å²) in [5.41, 5.74) is 2.30. The van der Waals surface area contributed by atoms with Gasteiger partial charge in [-0.15, -0.1) is 6.58 Å². The summed E-state index contributed by atoms with van der Waals surface area (Å²) in [6.45, 7) is 4.93. The van der Waals surface area contributed by atoms with E-state index in [9.17, 15) is 9.59 Å². The van der Waals surface area contributed by atoms with Crippen LogP contribution in [0, 0.1) is 17.2 Å². The van der Waals surface area contributed by atoms with Crippen LogP contribution in [0.2, 0.25) is 0 Å². The van der Waals surface area contributed by atoms with E-state index < -0.39 is 0 Å². The molecular formula is C22H20BrN3O2. The zero-order chi connectivity index (χ0) is 20.1. The minimum Gasteiger partial charge on any atom is -0.334 e. The second-order valence-electron chi connectivity index (χ2n) is 6.70. The molecule has 0 bridgehead atoms. The molecule has 0 aliphatic carbocycles. The van der Waals surface area contributed by atoms with Crippen molar-refractivity contribution in [3.63, 3.8) is 0 Å². The molecule has 142 valence electrons. The summed E-state index contributed by atoms with van der Waals surface area (Å²) in [4.78, 5) is 29.0. The summed E-state index contributed by atoms with van der Waals surface area (Å²) < 4.78 is 0.890. The average Bonchev–Trinajstić information content (AvgIpc) is 3.09. The first-order chi connectivity index (χ1) is 13.5. The van der Waals surface area contributed by atoms with Gasteiger partial charge in [0.2, 0.25) is 11.8 Å². The largest absolute Gasteiger partial charge is 0.334 e. The van der Waals surface area contributed by atoms with Crippen LogP contribution in [0.1, 0.15) is 17.5 Å². The molecule has 2 aromatic carbocycles. The fourth-order valence-corrected chi connectivity index (χ4v) is 3.71. The van der Waals surface area contributed by atoms with Gasteiger partial charge in [-0.05, 0) is 35.9 Å². The van der Waals surface area contributed by atoms with Gasteiger partial charge in [0, 0.05) is 36.2 Å². The topological polar surface area (TPSA) is 64.4 Å². The van der Waals surface area contributed by atoms with Crippen molar-refractivity contribution in [2.75, 3.05) is 18.0 Å². The Hall–Kier alpha value is -2.91. The third-order valence-corrected chi connectivity index (χ3v) is 5.21. The lowest BCUT2D eigenvalue weighted by atomic mass is 10.1. The van der Waals surface area contributed by atoms with E-state index in [1.165, 1.54) is 0 Å². The summed E-state index contributed by atoms with van der Waals surface area (Å²) >= 11 is 3.42. The number of hydrogen-bond acceptors (Lipinski definition) is 3. The van der Waals surface area contributed by atoms with Gasteiger partial charge in [-0.1, -0.05) is 40.2 Å². The highest BCUT2D eigenvalue weighted by Crippen LogP contribution is 2.28. The standard InChI is InChI=1S/C22H20BrN3O2/c1-2-10-25(14-17-8-6-16(13-24)7-9-17)22(28)18-11-21(27)26(15-18)20-5-3-4-19(23)12-20/h2-9,12,18H,1,10-11,14-15H2. The maximum absolute atomic E-state index is 13.1. The summed E-state index contributed by atoms with van der Waals surface area (Å²) in [7, 11) is 0. The Bertz CT molecular complexity index is 934. The third-order valence-electron chi connectivity index (χ3n) is 4.71. The second kappa shape index (κ2) is 8.85. The molecule has 2 amide bonds. The molecule has 0 aromatic heterocycles. The van der Waals surface area contributed by atoms with Crippen molar-refractivity contribution >= 4 is 33.4 Å². The van der Waals surface area contributed by atoms with Gasteiger partial charge in [0.1, 0.15) is 0 Å². The Morgan fingerprint density at radius 1 is 1.32 bits per heavy atom. The number of hydrogen-bond donors (Lipinski definition) is 0. The smallest absolute Gasteiger partial charge is 0.228 e. The molecule has 0 radical (unpaired) electrons. The molecule has 0 spiro atoms. The Labute approximate surface area is 173 Å². The van der Waals surface area contributed by atoms with Crippen molar-refractivity contribution in [3.05, 3.63) is 76.8 Å². The minimum atomic E-state index is -0.384. The van der Waals surface area contributed by atoms with Crippen molar-refractivity contribution < 1.29 is 9.59 Å². The zero-order valence-corrected chi connectivity index (χ0v) is 16.9. The Morgan fingerprint density at radius 3 is 2.71 bits per heavy atom. The number of anilines is 1. The number of amides is 2. The van der Waals surface area contributed by atoms with Crippen LogP contribution in [0.15, 0.2) is 65.7 Å². The first-order valence-corrected chi connectivity index (χ1v) is 9.75. The van der Waals surface area contributed by atoms with Crippen LogP contribution in [0.25, 0.3) is 0 Å².